The molecule has 0 spiro atoms. The van der Waals surface area contributed by atoms with Crippen molar-refractivity contribution in [3.63, 3.8) is 0 Å². The zero-order valence-corrected chi connectivity index (χ0v) is 13.9. The second kappa shape index (κ2) is 8.14. The van der Waals surface area contributed by atoms with E-state index in [1.807, 2.05) is 6.07 Å². The van der Waals surface area contributed by atoms with Gasteiger partial charge in [0.1, 0.15) is 5.82 Å². The molecule has 1 saturated carbocycles. The third-order valence-electron chi connectivity index (χ3n) is 4.18. The van der Waals surface area contributed by atoms with Gasteiger partial charge in [-0.05, 0) is 55.5 Å². The SMILES string of the molecule is CCCNC(Cc1cc(F)cc(Br)c1)CC1CCCC1. The third-order valence-corrected chi connectivity index (χ3v) is 4.64. The van der Waals surface area contributed by atoms with E-state index in [-0.39, 0.29) is 5.82 Å². The summed E-state index contributed by atoms with van der Waals surface area (Å²) in [7, 11) is 0. The number of hydrogen-bond acceptors (Lipinski definition) is 1. The van der Waals surface area contributed by atoms with Gasteiger partial charge in [0.15, 0.2) is 0 Å². The van der Waals surface area contributed by atoms with Crippen LogP contribution in [0, 0.1) is 11.7 Å². The van der Waals surface area contributed by atoms with Crippen molar-refractivity contribution in [1.29, 1.82) is 0 Å². The Morgan fingerprint density at radius 3 is 2.70 bits per heavy atom. The average molecular weight is 342 g/mol. The lowest BCUT2D eigenvalue weighted by atomic mass is 9.94. The molecule has 112 valence electrons. The molecule has 1 unspecified atom stereocenters. The van der Waals surface area contributed by atoms with Gasteiger partial charge in [0.05, 0.1) is 0 Å². The third kappa shape index (κ3) is 5.17. The average Bonchev–Trinajstić information content (AvgIpc) is 2.87. The van der Waals surface area contributed by atoms with Crippen LogP contribution in [0.2, 0.25) is 0 Å². The number of nitrogens with one attached hydrogen (secondary N) is 1. The fourth-order valence-electron chi connectivity index (χ4n) is 3.25. The highest BCUT2D eigenvalue weighted by Gasteiger charge is 2.20. The molecular weight excluding hydrogens is 317 g/mol. The van der Waals surface area contributed by atoms with Crippen LogP contribution in [-0.2, 0) is 6.42 Å². The predicted molar refractivity (Wildman–Crippen MR) is 86.5 cm³/mol. The van der Waals surface area contributed by atoms with Gasteiger partial charge in [0.2, 0.25) is 0 Å². The van der Waals surface area contributed by atoms with Crippen molar-refractivity contribution in [3.05, 3.63) is 34.1 Å². The van der Waals surface area contributed by atoms with E-state index < -0.39 is 0 Å². The molecule has 0 heterocycles. The van der Waals surface area contributed by atoms with Crippen LogP contribution in [0.25, 0.3) is 0 Å². The highest BCUT2D eigenvalue weighted by molar-refractivity contribution is 9.10. The normalized spacial score (nSPS) is 17.6. The summed E-state index contributed by atoms with van der Waals surface area (Å²) in [6, 6.07) is 5.71. The summed E-state index contributed by atoms with van der Waals surface area (Å²) in [5, 5.41) is 3.65. The van der Waals surface area contributed by atoms with Crippen LogP contribution in [0.1, 0.15) is 51.0 Å². The van der Waals surface area contributed by atoms with Crippen molar-refractivity contribution in [3.8, 4) is 0 Å². The van der Waals surface area contributed by atoms with Gasteiger partial charge < -0.3 is 5.32 Å². The summed E-state index contributed by atoms with van der Waals surface area (Å²) in [6.07, 6.45) is 8.82. The van der Waals surface area contributed by atoms with Crippen LogP contribution in [-0.4, -0.2) is 12.6 Å². The minimum atomic E-state index is -0.149. The summed E-state index contributed by atoms with van der Waals surface area (Å²) in [5.74, 6) is 0.714. The molecule has 0 aliphatic heterocycles. The van der Waals surface area contributed by atoms with E-state index in [9.17, 15) is 4.39 Å². The first-order valence-corrected chi connectivity index (χ1v) is 8.65. The van der Waals surface area contributed by atoms with Gasteiger partial charge in [-0.2, -0.15) is 0 Å². The van der Waals surface area contributed by atoms with E-state index in [0.717, 1.165) is 35.3 Å². The van der Waals surface area contributed by atoms with Gasteiger partial charge in [0, 0.05) is 10.5 Å². The Morgan fingerprint density at radius 2 is 2.05 bits per heavy atom. The van der Waals surface area contributed by atoms with E-state index in [0.29, 0.717) is 6.04 Å². The lowest BCUT2D eigenvalue weighted by molar-refractivity contribution is 0.384. The van der Waals surface area contributed by atoms with Crippen LogP contribution in [0.3, 0.4) is 0 Å². The van der Waals surface area contributed by atoms with Crippen molar-refractivity contribution >= 4 is 15.9 Å². The summed E-state index contributed by atoms with van der Waals surface area (Å²) in [4.78, 5) is 0. The molecule has 1 atom stereocenters. The zero-order valence-electron chi connectivity index (χ0n) is 12.3. The van der Waals surface area contributed by atoms with Crippen LogP contribution >= 0.6 is 15.9 Å². The Labute approximate surface area is 130 Å². The fraction of sp³-hybridized carbons (Fsp3) is 0.647. The van der Waals surface area contributed by atoms with Gasteiger partial charge in [-0.15, -0.1) is 0 Å². The standard InChI is InChI=1S/C17H25BrFN/c1-2-7-20-17(10-13-5-3-4-6-13)11-14-8-15(18)12-16(19)9-14/h8-9,12-13,17,20H,2-7,10-11H2,1H3. The second-order valence-corrected chi connectivity index (χ2v) is 6.93. The van der Waals surface area contributed by atoms with Crippen LogP contribution < -0.4 is 5.32 Å². The van der Waals surface area contributed by atoms with Gasteiger partial charge in [0.25, 0.3) is 0 Å². The molecule has 1 aromatic rings. The van der Waals surface area contributed by atoms with Crippen molar-refractivity contribution in [1.82, 2.24) is 5.32 Å². The van der Waals surface area contributed by atoms with Gasteiger partial charge in [-0.1, -0.05) is 48.5 Å². The highest BCUT2D eigenvalue weighted by atomic mass is 79.9. The minimum absolute atomic E-state index is 0.149. The van der Waals surface area contributed by atoms with E-state index in [1.54, 1.807) is 6.07 Å². The van der Waals surface area contributed by atoms with Gasteiger partial charge in [-0.3, -0.25) is 0 Å². The van der Waals surface area contributed by atoms with Crippen LogP contribution in [0.5, 0.6) is 0 Å². The molecule has 1 N–H and O–H groups in total. The van der Waals surface area contributed by atoms with E-state index in [2.05, 4.69) is 28.2 Å². The Bertz CT molecular complexity index is 395. The first-order valence-electron chi connectivity index (χ1n) is 7.85. The molecule has 0 saturated heterocycles. The Kier molecular flexibility index (Phi) is 6.50. The molecular formula is C17H25BrFN. The molecule has 0 amide bonds. The molecule has 0 aromatic heterocycles. The summed E-state index contributed by atoms with van der Waals surface area (Å²) in [5.41, 5.74) is 1.09. The maximum absolute atomic E-state index is 13.5. The predicted octanol–water partition coefficient (Wildman–Crippen LogP) is 5.08. The smallest absolute Gasteiger partial charge is 0.124 e. The monoisotopic (exact) mass is 341 g/mol. The maximum Gasteiger partial charge on any atom is 0.124 e. The van der Waals surface area contributed by atoms with Crippen LogP contribution in [0.15, 0.2) is 22.7 Å². The highest BCUT2D eigenvalue weighted by Crippen LogP contribution is 2.29. The molecule has 0 radical (unpaired) electrons. The van der Waals surface area contributed by atoms with E-state index >= 15 is 0 Å². The van der Waals surface area contributed by atoms with Gasteiger partial charge >= 0.3 is 0 Å². The lowest BCUT2D eigenvalue weighted by Crippen LogP contribution is -2.33. The van der Waals surface area contributed by atoms with Crippen molar-refractivity contribution in [2.75, 3.05) is 6.54 Å². The van der Waals surface area contributed by atoms with Crippen molar-refractivity contribution in [2.45, 2.75) is 57.9 Å². The van der Waals surface area contributed by atoms with E-state index in [4.69, 9.17) is 0 Å². The Balaban J connectivity index is 1.97. The largest absolute Gasteiger partial charge is 0.314 e. The molecule has 1 aliphatic rings. The molecule has 0 bridgehead atoms. The summed E-state index contributed by atoms with van der Waals surface area (Å²) >= 11 is 3.38. The van der Waals surface area contributed by atoms with Gasteiger partial charge in [-0.25, -0.2) is 4.39 Å². The summed E-state index contributed by atoms with van der Waals surface area (Å²) in [6.45, 7) is 3.24. The summed E-state index contributed by atoms with van der Waals surface area (Å²) < 4.78 is 14.3. The quantitative estimate of drug-likeness (QED) is 0.729. The first kappa shape index (κ1) is 16.0. The minimum Gasteiger partial charge on any atom is -0.314 e. The van der Waals surface area contributed by atoms with Crippen molar-refractivity contribution in [2.24, 2.45) is 5.92 Å². The molecule has 3 heteroatoms. The zero-order chi connectivity index (χ0) is 14.4. The molecule has 2 rings (SSSR count). The van der Waals surface area contributed by atoms with Crippen molar-refractivity contribution < 1.29 is 4.39 Å². The molecule has 1 fully saturated rings. The van der Waals surface area contributed by atoms with Crippen LogP contribution in [0.4, 0.5) is 4.39 Å². The van der Waals surface area contributed by atoms with E-state index in [1.165, 1.54) is 38.2 Å². The molecule has 1 aromatic carbocycles. The molecule has 1 aliphatic carbocycles. The number of halogens is 2. The second-order valence-electron chi connectivity index (χ2n) is 6.02. The topological polar surface area (TPSA) is 12.0 Å². The maximum atomic E-state index is 13.5. The fourth-order valence-corrected chi connectivity index (χ4v) is 3.76. The Hall–Kier alpha value is -0.410. The number of hydrogen-bond donors (Lipinski definition) is 1. The number of rotatable bonds is 7. The first-order chi connectivity index (χ1) is 9.67. The lowest BCUT2D eigenvalue weighted by Gasteiger charge is -2.22. The molecule has 1 nitrogen and oxygen atoms in total. The molecule has 20 heavy (non-hydrogen) atoms. The number of benzene rings is 1. The Morgan fingerprint density at radius 1 is 1.30 bits per heavy atom.